The second-order valence-electron chi connectivity index (χ2n) is 34.9. The Morgan fingerprint density at radius 3 is 1.20 bits per heavy atom. The summed E-state index contributed by atoms with van der Waals surface area (Å²) in [6, 6.07) is 122. The summed E-state index contributed by atoms with van der Waals surface area (Å²) in [5.41, 5.74) is 31.5. The first kappa shape index (κ1) is 63.2. The van der Waals surface area contributed by atoms with Gasteiger partial charge >= 0.3 is 0 Å². The molecule has 2 aliphatic heterocycles. The van der Waals surface area contributed by atoms with Gasteiger partial charge in [-0.3, -0.25) is 0 Å². The molecule has 0 saturated heterocycles. The van der Waals surface area contributed by atoms with Gasteiger partial charge in [-0.25, -0.2) is 0 Å². The predicted octanol–water partition coefficient (Wildman–Crippen LogP) is 29.8. The van der Waals surface area contributed by atoms with E-state index in [2.05, 4.69) is 383 Å². The second-order valence-corrected chi connectivity index (χ2v) is 34.9. The molecule has 6 heteroatoms. The molecular weight excluding hydrogens is 1480 g/mol. The van der Waals surface area contributed by atoms with Crippen molar-refractivity contribution in [1.29, 1.82) is 0 Å². The quantitative estimate of drug-likeness (QED) is 0.121. The summed E-state index contributed by atoms with van der Waals surface area (Å²) in [6.45, 7) is 12.9. The molecule has 6 heterocycles. The fourth-order valence-electron chi connectivity index (χ4n) is 19.9. The Morgan fingerprint density at radius 2 is 0.664 bits per heavy atom. The molecule has 0 bridgehead atoms. The monoisotopic (exact) mass is 1570 g/mol. The SMILES string of the molecule is [2H]c1c([2H])c([2H])c2c(c1[2H])c1c([2H])c([2H])c([2H])c([2H])c1n2-c1ccc2c(c1)N(c1c(-c3ccccc3)cc(-c3ccc(C(C)(C)C)cc3)cc1-c1ccccc1)c1cc(-c3ccc4oc5ccccc5c4c3)cc3c1B2c1ccc(-c2ccc4c(c2)c2cccc5c6ccccc6n4c52)cc1N3c1c(-c2ccccc2)cc(-c2ccc(C(C)(C)C)cc2)cc1-c1ccccc1. The van der Waals surface area contributed by atoms with E-state index in [4.69, 9.17) is 4.42 Å². The normalized spacial score (nSPS) is 13.7. The van der Waals surface area contributed by atoms with E-state index in [1.54, 1.807) is 4.57 Å². The lowest BCUT2D eigenvalue weighted by molar-refractivity contribution is 0.590. The molecule has 18 aromatic carbocycles. The average molecular weight is 1570 g/mol. The number of furan rings is 1. The van der Waals surface area contributed by atoms with Crippen molar-refractivity contribution in [3.05, 3.63) is 405 Å². The van der Waals surface area contributed by atoms with E-state index in [0.29, 0.717) is 11.4 Å². The number of hydrogen-bond acceptors (Lipinski definition) is 3. The minimum Gasteiger partial charge on any atom is -0.456 e. The minimum atomic E-state index is -0.591. The molecule has 0 spiro atoms. The number of rotatable bonds is 11. The molecule has 0 saturated carbocycles. The number of aromatic nitrogens is 2. The van der Waals surface area contributed by atoms with E-state index < -0.39 is 43.0 Å². The third-order valence-electron chi connectivity index (χ3n) is 25.8. The molecule has 5 nitrogen and oxygen atoms in total. The molecule has 122 heavy (non-hydrogen) atoms. The van der Waals surface area contributed by atoms with Crippen molar-refractivity contribution in [3.8, 4) is 94.7 Å². The van der Waals surface area contributed by atoms with Crippen LogP contribution in [0.5, 0.6) is 0 Å². The smallest absolute Gasteiger partial charge is 0.252 e. The Bertz CT molecular complexity index is 8330. The highest BCUT2D eigenvalue weighted by atomic mass is 16.3. The Balaban J connectivity index is 0.883. The summed E-state index contributed by atoms with van der Waals surface area (Å²) in [5, 5.41) is 6.67. The van der Waals surface area contributed by atoms with Crippen LogP contribution in [0.1, 0.15) is 63.6 Å². The van der Waals surface area contributed by atoms with E-state index >= 15 is 0 Å². The molecule has 0 radical (unpaired) electrons. The van der Waals surface area contributed by atoms with E-state index in [9.17, 15) is 11.0 Å². The van der Waals surface area contributed by atoms with Gasteiger partial charge in [-0.2, -0.15) is 0 Å². The Morgan fingerprint density at radius 1 is 0.270 bits per heavy atom. The zero-order valence-electron chi connectivity index (χ0n) is 76.2. The fraction of sp³-hybridized carbons (Fsp3) is 0.0690. The molecule has 0 unspecified atom stereocenters. The van der Waals surface area contributed by atoms with Gasteiger partial charge in [0.2, 0.25) is 0 Å². The lowest BCUT2D eigenvalue weighted by Crippen LogP contribution is -2.61. The topological polar surface area (TPSA) is 29.0 Å². The highest BCUT2D eigenvalue weighted by Gasteiger charge is 2.46. The van der Waals surface area contributed by atoms with Gasteiger partial charge in [0.05, 0.1) is 49.9 Å². The van der Waals surface area contributed by atoms with Gasteiger partial charge in [0.25, 0.3) is 6.71 Å². The Kier molecular flexibility index (Phi) is 14.1. The van der Waals surface area contributed by atoms with Gasteiger partial charge in [-0.1, -0.05) is 333 Å². The van der Waals surface area contributed by atoms with Gasteiger partial charge in [0, 0.05) is 93.8 Å². The third-order valence-corrected chi connectivity index (χ3v) is 25.8. The van der Waals surface area contributed by atoms with Crippen LogP contribution in [0.3, 0.4) is 0 Å². The van der Waals surface area contributed by atoms with Crippen LogP contribution in [0.4, 0.5) is 34.1 Å². The van der Waals surface area contributed by atoms with Gasteiger partial charge in [-0.05, 0) is 208 Å². The standard InChI is InChI=1S/C116H83BN4O/c1-115(2,3)84-53-46-72(47-54-84)81-64-93(74-28-11-7-12-29-74)113(94(65-81)75-30-13-8-14-31-75)120-105-68-80(78-51-60-104-97(62-78)92-41-27-40-91-89-38-21-25-44-103(89)119(104)112(91)92)50-58-99(105)117-100-59-57-86(118-101-42-23-19-36-87(101)88-37-20-24-43-102(88)118)71-106(100)121(108-70-83(69-107(120)111(108)117)79-52-61-110-98(63-79)90-39-22-26-45-109(90)122-110)114-95(76-32-15-9-16-33-76)66-82(67-96(114)77-34-17-10-18-35-77)73-48-55-85(56-49-73)116(4,5)6/h7-71H,1-6H3/i19D,20D,23D,24D,36D,37D,42D,43D. The lowest BCUT2D eigenvalue weighted by Gasteiger charge is -2.46. The van der Waals surface area contributed by atoms with Crippen molar-refractivity contribution in [3.63, 3.8) is 0 Å². The number of nitrogens with zero attached hydrogens (tertiary/aromatic N) is 4. The summed E-state index contributed by atoms with van der Waals surface area (Å²) in [5.74, 6) is 0. The van der Waals surface area contributed by atoms with Crippen LogP contribution >= 0.6 is 0 Å². The largest absolute Gasteiger partial charge is 0.456 e. The van der Waals surface area contributed by atoms with Gasteiger partial charge in [-0.15, -0.1) is 0 Å². The highest BCUT2D eigenvalue weighted by molar-refractivity contribution is 7.00. The van der Waals surface area contributed by atoms with Crippen LogP contribution in [0, 0.1) is 0 Å². The Labute approximate surface area is 721 Å². The first-order valence-corrected chi connectivity index (χ1v) is 42.1. The van der Waals surface area contributed by atoms with Crippen molar-refractivity contribution in [2.24, 2.45) is 0 Å². The van der Waals surface area contributed by atoms with Crippen molar-refractivity contribution < 1.29 is 15.4 Å². The summed E-state index contributed by atoms with van der Waals surface area (Å²) < 4.78 is 87.9. The predicted molar refractivity (Wildman–Crippen MR) is 518 cm³/mol. The van der Waals surface area contributed by atoms with Crippen LogP contribution in [0.2, 0.25) is 0 Å². The van der Waals surface area contributed by atoms with Crippen LogP contribution in [-0.4, -0.2) is 15.7 Å². The maximum Gasteiger partial charge on any atom is 0.252 e. The number of para-hydroxylation sites is 5. The summed E-state index contributed by atoms with van der Waals surface area (Å²) in [6.07, 6.45) is 0. The molecule has 4 aromatic heterocycles. The maximum absolute atomic E-state index is 10.1. The zero-order valence-corrected chi connectivity index (χ0v) is 68.2. The molecule has 2 aliphatic rings. The van der Waals surface area contributed by atoms with Crippen molar-refractivity contribution >= 4 is 139 Å². The number of anilines is 6. The molecule has 0 N–H and O–H groups in total. The molecule has 576 valence electrons. The van der Waals surface area contributed by atoms with Crippen molar-refractivity contribution in [2.45, 2.75) is 52.4 Å². The zero-order chi connectivity index (χ0) is 88.3. The van der Waals surface area contributed by atoms with Crippen molar-refractivity contribution in [2.75, 3.05) is 9.80 Å². The van der Waals surface area contributed by atoms with Crippen LogP contribution in [0.25, 0.3) is 177 Å². The van der Waals surface area contributed by atoms with E-state index in [-0.39, 0.29) is 44.7 Å². The minimum absolute atomic E-state index is 0.00930. The summed E-state index contributed by atoms with van der Waals surface area (Å²) >= 11 is 0. The molecule has 22 aromatic rings. The highest BCUT2D eigenvalue weighted by Crippen LogP contribution is 2.57. The molecule has 24 rings (SSSR count). The summed E-state index contributed by atoms with van der Waals surface area (Å²) in [7, 11) is 0. The van der Waals surface area contributed by atoms with E-state index in [0.717, 1.165) is 172 Å². The van der Waals surface area contributed by atoms with Crippen LogP contribution < -0.4 is 26.2 Å². The number of fused-ring (bicyclic) bond motifs is 16. The molecule has 0 atom stereocenters. The van der Waals surface area contributed by atoms with Crippen LogP contribution in [-0.2, 0) is 10.8 Å². The first-order valence-electron chi connectivity index (χ1n) is 46.1. The van der Waals surface area contributed by atoms with Crippen molar-refractivity contribution in [1.82, 2.24) is 8.97 Å². The molecule has 0 aliphatic carbocycles. The Hall–Kier alpha value is -15.0. The van der Waals surface area contributed by atoms with Gasteiger partial charge in [0.1, 0.15) is 11.2 Å². The first-order chi connectivity index (χ1) is 63.1. The maximum atomic E-state index is 10.1. The van der Waals surface area contributed by atoms with Crippen LogP contribution in [0.15, 0.2) is 399 Å². The van der Waals surface area contributed by atoms with Gasteiger partial charge < -0.3 is 23.2 Å². The number of hydrogen-bond donors (Lipinski definition) is 0. The van der Waals surface area contributed by atoms with E-state index in [1.807, 2.05) is 18.2 Å². The average Bonchev–Trinajstić information content (AvgIpc) is 0.760. The molecule has 0 amide bonds. The fourth-order valence-corrected chi connectivity index (χ4v) is 19.9. The second kappa shape index (κ2) is 27.3. The molecular formula is C116H83BN4O. The van der Waals surface area contributed by atoms with E-state index in [1.165, 1.54) is 32.8 Å². The molecule has 0 fully saturated rings. The van der Waals surface area contributed by atoms with Gasteiger partial charge in [0.15, 0.2) is 0 Å². The third kappa shape index (κ3) is 11.2. The lowest BCUT2D eigenvalue weighted by atomic mass is 9.33. The number of benzene rings is 18. The summed E-state index contributed by atoms with van der Waals surface area (Å²) in [4.78, 5) is 5.06.